The number of aromatic nitrogens is 1. The fourth-order valence-electron chi connectivity index (χ4n) is 2.25. The van der Waals surface area contributed by atoms with Crippen LogP contribution in [-0.2, 0) is 13.1 Å². The second kappa shape index (κ2) is 5.47. The van der Waals surface area contributed by atoms with E-state index in [2.05, 4.69) is 34.7 Å². The van der Waals surface area contributed by atoms with Gasteiger partial charge in [-0.15, -0.1) is 0 Å². The van der Waals surface area contributed by atoms with Crippen molar-refractivity contribution >= 4 is 22.5 Å². The molecule has 0 saturated carbocycles. The lowest BCUT2D eigenvalue weighted by molar-refractivity contribution is 0.696. The standard InChI is InChI=1S/C16H15ClN2/c17-15-7-3-1-5-12(15)9-18-10-13-11-19-16-8-4-2-6-14(13)16/h1-8,11,18-19H,9-10H2. The van der Waals surface area contributed by atoms with Crippen LogP contribution in [0, 0.1) is 0 Å². The molecule has 3 aromatic rings. The van der Waals surface area contributed by atoms with Gasteiger partial charge in [0.15, 0.2) is 0 Å². The molecule has 0 amide bonds. The van der Waals surface area contributed by atoms with Crippen molar-refractivity contribution in [2.45, 2.75) is 13.1 Å². The zero-order valence-electron chi connectivity index (χ0n) is 10.5. The number of H-pyrrole nitrogens is 1. The van der Waals surface area contributed by atoms with Gasteiger partial charge >= 0.3 is 0 Å². The number of fused-ring (bicyclic) bond motifs is 1. The van der Waals surface area contributed by atoms with Crippen molar-refractivity contribution in [3.8, 4) is 0 Å². The third kappa shape index (κ3) is 2.65. The van der Waals surface area contributed by atoms with E-state index in [9.17, 15) is 0 Å². The summed E-state index contributed by atoms with van der Waals surface area (Å²) in [6.45, 7) is 1.61. The van der Waals surface area contributed by atoms with Gasteiger partial charge in [-0.25, -0.2) is 0 Å². The van der Waals surface area contributed by atoms with E-state index in [1.165, 1.54) is 16.5 Å². The molecule has 0 unspecified atom stereocenters. The minimum absolute atomic E-state index is 0.777. The fraction of sp³-hybridized carbons (Fsp3) is 0.125. The molecule has 0 aliphatic carbocycles. The summed E-state index contributed by atoms with van der Waals surface area (Å²) >= 11 is 6.13. The summed E-state index contributed by atoms with van der Waals surface area (Å²) in [4.78, 5) is 3.28. The number of rotatable bonds is 4. The molecule has 0 atom stereocenters. The Kier molecular flexibility index (Phi) is 3.53. The predicted octanol–water partition coefficient (Wildman–Crippen LogP) is 4.11. The Bertz CT molecular complexity index is 688. The first-order valence-electron chi connectivity index (χ1n) is 6.34. The molecule has 0 fully saturated rings. The van der Waals surface area contributed by atoms with Gasteiger partial charge in [0.1, 0.15) is 0 Å². The number of benzene rings is 2. The van der Waals surface area contributed by atoms with Gasteiger partial charge in [0.25, 0.3) is 0 Å². The highest BCUT2D eigenvalue weighted by molar-refractivity contribution is 6.31. The molecule has 1 heterocycles. The smallest absolute Gasteiger partial charge is 0.0457 e. The lowest BCUT2D eigenvalue weighted by Gasteiger charge is -2.06. The van der Waals surface area contributed by atoms with Gasteiger partial charge in [-0.3, -0.25) is 0 Å². The van der Waals surface area contributed by atoms with Crippen molar-refractivity contribution in [2.24, 2.45) is 0 Å². The van der Waals surface area contributed by atoms with Crippen LogP contribution in [0.3, 0.4) is 0 Å². The maximum absolute atomic E-state index is 6.13. The molecule has 0 radical (unpaired) electrons. The zero-order chi connectivity index (χ0) is 13.1. The van der Waals surface area contributed by atoms with E-state index in [1.807, 2.05) is 30.3 Å². The maximum atomic E-state index is 6.13. The molecule has 2 N–H and O–H groups in total. The summed E-state index contributed by atoms with van der Waals surface area (Å²) in [6.07, 6.45) is 2.06. The average molecular weight is 271 g/mol. The van der Waals surface area contributed by atoms with Crippen molar-refractivity contribution in [3.63, 3.8) is 0 Å². The number of nitrogens with one attached hydrogen (secondary N) is 2. The van der Waals surface area contributed by atoms with Gasteiger partial charge in [-0.1, -0.05) is 48.0 Å². The molecule has 0 saturated heterocycles. The molecule has 0 bridgehead atoms. The predicted molar refractivity (Wildman–Crippen MR) is 80.3 cm³/mol. The molecule has 0 spiro atoms. The van der Waals surface area contributed by atoms with Crippen molar-refractivity contribution in [2.75, 3.05) is 0 Å². The van der Waals surface area contributed by atoms with Crippen molar-refractivity contribution in [1.82, 2.24) is 10.3 Å². The van der Waals surface area contributed by atoms with E-state index in [4.69, 9.17) is 11.6 Å². The summed E-state index contributed by atoms with van der Waals surface area (Å²) in [5.74, 6) is 0. The van der Waals surface area contributed by atoms with Crippen LogP contribution >= 0.6 is 11.6 Å². The number of para-hydroxylation sites is 1. The van der Waals surface area contributed by atoms with E-state index in [0.717, 1.165) is 23.7 Å². The zero-order valence-corrected chi connectivity index (χ0v) is 11.2. The summed E-state index contributed by atoms with van der Waals surface area (Å²) < 4.78 is 0. The lowest BCUT2D eigenvalue weighted by atomic mass is 10.1. The minimum atomic E-state index is 0.777. The van der Waals surface area contributed by atoms with Crippen LogP contribution in [0.1, 0.15) is 11.1 Å². The number of halogens is 1. The van der Waals surface area contributed by atoms with E-state index >= 15 is 0 Å². The highest BCUT2D eigenvalue weighted by Gasteiger charge is 2.03. The first-order chi connectivity index (χ1) is 9.34. The average Bonchev–Trinajstić information content (AvgIpc) is 2.85. The Labute approximate surface area is 117 Å². The number of aromatic amines is 1. The minimum Gasteiger partial charge on any atom is -0.361 e. The Morgan fingerprint density at radius 2 is 1.63 bits per heavy atom. The summed E-state index contributed by atoms with van der Waals surface area (Å²) in [7, 11) is 0. The van der Waals surface area contributed by atoms with Crippen LogP contribution in [0.5, 0.6) is 0 Å². The quantitative estimate of drug-likeness (QED) is 0.734. The van der Waals surface area contributed by atoms with E-state index in [-0.39, 0.29) is 0 Å². The molecule has 96 valence electrons. The van der Waals surface area contributed by atoms with Gasteiger partial charge in [-0.05, 0) is 23.3 Å². The Morgan fingerprint density at radius 3 is 2.53 bits per heavy atom. The number of hydrogen-bond donors (Lipinski definition) is 2. The molecule has 3 heteroatoms. The fourth-order valence-corrected chi connectivity index (χ4v) is 2.45. The van der Waals surface area contributed by atoms with E-state index in [0.29, 0.717) is 0 Å². The second-order valence-corrected chi connectivity index (χ2v) is 4.96. The summed E-state index contributed by atoms with van der Waals surface area (Å²) in [5, 5.41) is 5.52. The van der Waals surface area contributed by atoms with Gasteiger partial charge in [0.2, 0.25) is 0 Å². The third-order valence-corrected chi connectivity index (χ3v) is 3.63. The third-order valence-electron chi connectivity index (χ3n) is 3.26. The van der Waals surface area contributed by atoms with Crippen LogP contribution in [-0.4, -0.2) is 4.98 Å². The SMILES string of the molecule is Clc1ccccc1CNCc1c[nH]c2ccccc12. The highest BCUT2D eigenvalue weighted by atomic mass is 35.5. The monoisotopic (exact) mass is 270 g/mol. The van der Waals surface area contributed by atoms with Gasteiger partial charge in [0, 0.05) is 35.2 Å². The maximum Gasteiger partial charge on any atom is 0.0457 e. The van der Waals surface area contributed by atoms with Crippen LogP contribution in [0.4, 0.5) is 0 Å². The van der Waals surface area contributed by atoms with E-state index < -0.39 is 0 Å². The lowest BCUT2D eigenvalue weighted by Crippen LogP contribution is -2.12. The molecule has 2 aromatic carbocycles. The highest BCUT2D eigenvalue weighted by Crippen LogP contribution is 2.18. The Balaban J connectivity index is 1.68. The molecule has 2 nitrogen and oxygen atoms in total. The van der Waals surface area contributed by atoms with Crippen LogP contribution in [0.25, 0.3) is 10.9 Å². The van der Waals surface area contributed by atoms with Crippen molar-refractivity contribution < 1.29 is 0 Å². The molecular weight excluding hydrogens is 256 g/mol. The van der Waals surface area contributed by atoms with Crippen molar-refractivity contribution in [3.05, 3.63) is 70.9 Å². The molecule has 0 aliphatic heterocycles. The van der Waals surface area contributed by atoms with E-state index in [1.54, 1.807) is 0 Å². The van der Waals surface area contributed by atoms with Gasteiger partial charge < -0.3 is 10.3 Å². The van der Waals surface area contributed by atoms with Crippen LogP contribution in [0.2, 0.25) is 5.02 Å². The second-order valence-electron chi connectivity index (χ2n) is 4.55. The largest absolute Gasteiger partial charge is 0.361 e. The molecular formula is C16H15ClN2. The molecule has 0 aliphatic rings. The summed E-state index contributed by atoms with van der Waals surface area (Å²) in [6, 6.07) is 16.3. The van der Waals surface area contributed by atoms with Crippen molar-refractivity contribution in [1.29, 1.82) is 0 Å². The van der Waals surface area contributed by atoms with Crippen LogP contribution in [0.15, 0.2) is 54.7 Å². The topological polar surface area (TPSA) is 27.8 Å². The van der Waals surface area contributed by atoms with Gasteiger partial charge in [0.05, 0.1) is 0 Å². The summed E-state index contributed by atoms with van der Waals surface area (Å²) in [5.41, 5.74) is 3.59. The normalized spacial score (nSPS) is 11.0. The Morgan fingerprint density at radius 1 is 0.895 bits per heavy atom. The molecule has 19 heavy (non-hydrogen) atoms. The molecule has 1 aromatic heterocycles. The van der Waals surface area contributed by atoms with Crippen LogP contribution < -0.4 is 5.32 Å². The first-order valence-corrected chi connectivity index (χ1v) is 6.71. The first kappa shape index (κ1) is 12.3. The number of hydrogen-bond acceptors (Lipinski definition) is 1. The Hall–Kier alpha value is -1.77. The van der Waals surface area contributed by atoms with Gasteiger partial charge in [-0.2, -0.15) is 0 Å². The molecule has 3 rings (SSSR count).